The Hall–Kier alpha value is -3.75. The van der Waals surface area contributed by atoms with Crippen LogP contribution in [0.3, 0.4) is 0 Å². The molecule has 2 N–H and O–H groups in total. The van der Waals surface area contributed by atoms with Gasteiger partial charge in [-0.05, 0) is 42.8 Å². The highest BCUT2D eigenvalue weighted by Gasteiger charge is 2.25. The molecule has 3 rings (SSSR count). The zero-order valence-corrected chi connectivity index (χ0v) is 22.0. The molecule has 0 radical (unpaired) electrons. The molecule has 0 aliphatic heterocycles. The number of carbonyl (C=O) groups is 2. The normalized spacial score (nSPS) is 12.5. The molecule has 0 fully saturated rings. The van der Waals surface area contributed by atoms with Crippen LogP contribution in [0.25, 0.3) is 0 Å². The van der Waals surface area contributed by atoms with Gasteiger partial charge in [0, 0.05) is 23.1 Å². The van der Waals surface area contributed by atoms with E-state index in [2.05, 4.69) is 15.8 Å². The Labute approximate surface area is 225 Å². The number of rotatable bonds is 11. The van der Waals surface area contributed by atoms with Gasteiger partial charge in [-0.2, -0.15) is 5.10 Å². The predicted molar refractivity (Wildman–Crippen MR) is 144 cm³/mol. The summed E-state index contributed by atoms with van der Waals surface area (Å²) < 4.78 is 16.2. The summed E-state index contributed by atoms with van der Waals surface area (Å²) in [7, 11) is 3.08. The van der Waals surface area contributed by atoms with Crippen molar-refractivity contribution in [2.45, 2.75) is 25.5 Å². The van der Waals surface area contributed by atoms with Gasteiger partial charge in [-0.15, -0.1) is 0 Å². The molecule has 0 heterocycles. The van der Waals surface area contributed by atoms with Gasteiger partial charge in [-0.3, -0.25) is 9.59 Å². The molecule has 0 saturated heterocycles. The fourth-order valence-corrected chi connectivity index (χ4v) is 3.78. The molecular formula is C27H27Cl2N3O5. The van der Waals surface area contributed by atoms with Crippen molar-refractivity contribution in [2.75, 3.05) is 14.2 Å². The number of hydrogen-bond acceptors (Lipinski definition) is 6. The van der Waals surface area contributed by atoms with Gasteiger partial charge in [0.05, 0.1) is 25.5 Å². The molecule has 3 aromatic rings. The Morgan fingerprint density at radius 1 is 0.946 bits per heavy atom. The molecule has 0 saturated carbocycles. The first-order chi connectivity index (χ1) is 17.8. The number of halogens is 2. The van der Waals surface area contributed by atoms with Gasteiger partial charge >= 0.3 is 0 Å². The van der Waals surface area contributed by atoms with Crippen LogP contribution in [-0.4, -0.2) is 44.4 Å². The van der Waals surface area contributed by atoms with E-state index in [0.717, 1.165) is 5.56 Å². The molecule has 194 valence electrons. The molecular weight excluding hydrogens is 517 g/mol. The third-order valence-corrected chi connectivity index (χ3v) is 5.83. The van der Waals surface area contributed by atoms with Crippen molar-refractivity contribution in [3.63, 3.8) is 0 Å². The lowest BCUT2D eigenvalue weighted by molar-refractivity contribution is -0.132. The standard InChI is InChI=1S/C27H27Cl2N3O5/c1-17(37-24-12-10-20(28)14-22(24)29)26(33)31-23(13-18-7-5-4-6-8-18)27(34)32-30-16-19-9-11-21(35-2)15-25(19)36-3/h4-12,14-17,23H,13H2,1-3H3,(H,31,33)(H,32,34)/b30-16-/t17-,23-/m1/s1. The Balaban J connectivity index is 1.71. The van der Waals surface area contributed by atoms with Crippen LogP contribution in [0.1, 0.15) is 18.1 Å². The van der Waals surface area contributed by atoms with Crippen LogP contribution in [0.15, 0.2) is 71.8 Å². The van der Waals surface area contributed by atoms with Gasteiger partial charge in [0.15, 0.2) is 6.10 Å². The number of hydrazone groups is 1. The molecule has 0 aromatic heterocycles. The van der Waals surface area contributed by atoms with Crippen LogP contribution < -0.4 is 25.0 Å². The highest BCUT2D eigenvalue weighted by atomic mass is 35.5. The summed E-state index contributed by atoms with van der Waals surface area (Å²) in [5.41, 5.74) is 3.99. The summed E-state index contributed by atoms with van der Waals surface area (Å²) in [6, 6.07) is 18.3. The van der Waals surface area contributed by atoms with E-state index in [1.165, 1.54) is 19.4 Å². The lowest BCUT2D eigenvalue weighted by atomic mass is 10.1. The van der Waals surface area contributed by atoms with Gasteiger partial charge in [0.25, 0.3) is 11.8 Å². The van der Waals surface area contributed by atoms with E-state index in [-0.39, 0.29) is 11.4 Å². The molecule has 0 aliphatic rings. The number of nitrogens with one attached hydrogen (secondary N) is 2. The third kappa shape index (κ3) is 8.13. The summed E-state index contributed by atoms with van der Waals surface area (Å²) in [6.45, 7) is 1.56. The maximum atomic E-state index is 13.0. The van der Waals surface area contributed by atoms with Crippen molar-refractivity contribution in [3.05, 3.63) is 87.9 Å². The van der Waals surface area contributed by atoms with E-state index >= 15 is 0 Å². The highest BCUT2D eigenvalue weighted by molar-refractivity contribution is 6.35. The Morgan fingerprint density at radius 3 is 2.38 bits per heavy atom. The molecule has 0 unspecified atom stereocenters. The molecule has 0 aliphatic carbocycles. The minimum absolute atomic E-state index is 0.244. The maximum Gasteiger partial charge on any atom is 0.262 e. The number of benzene rings is 3. The van der Waals surface area contributed by atoms with Gasteiger partial charge in [0.2, 0.25) is 0 Å². The number of nitrogens with zero attached hydrogens (tertiary/aromatic N) is 1. The number of methoxy groups -OCH3 is 2. The Kier molecular flexibility index (Phi) is 10.2. The summed E-state index contributed by atoms with van der Waals surface area (Å²) in [6.07, 6.45) is 0.761. The number of ether oxygens (including phenoxy) is 3. The fraction of sp³-hybridized carbons (Fsp3) is 0.222. The van der Waals surface area contributed by atoms with Crippen molar-refractivity contribution >= 4 is 41.2 Å². The fourth-order valence-electron chi connectivity index (χ4n) is 3.33. The molecule has 2 atom stereocenters. The van der Waals surface area contributed by atoms with Crippen LogP contribution in [0.2, 0.25) is 10.0 Å². The largest absolute Gasteiger partial charge is 0.497 e. The molecule has 8 nitrogen and oxygen atoms in total. The molecule has 37 heavy (non-hydrogen) atoms. The highest BCUT2D eigenvalue weighted by Crippen LogP contribution is 2.28. The van der Waals surface area contributed by atoms with Crippen molar-refractivity contribution in [3.8, 4) is 17.2 Å². The maximum absolute atomic E-state index is 13.0. The van der Waals surface area contributed by atoms with Gasteiger partial charge < -0.3 is 19.5 Å². The van der Waals surface area contributed by atoms with Crippen molar-refractivity contribution < 1.29 is 23.8 Å². The first-order valence-electron chi connectivity index (χ1n) is 11.3. The quantitative estimate of drug-likeness (QED) is 0.271. The second-order valence-corrected chi connectivity index (χ2v) is 8.77. The predicted octanol–water partition coefficient (Wildman–Crippen LogP) is 4.66. The first kappa shape index (κ1) is 27.8. The molecule has 0 spiro atoms. The van der Waals surface area contributed by atoms with Crippen LogP contribution in [0.5, 0.6) is 17.2 Å². The van der Waals surface area contributed by atoms with Gasteiger partial charge in [0.1, 0.15) is 23.3 Å². The van der Waals surface area contributed by atoms with Crippen molar-refractivity contribution in [1.82, 2.24) is 10.7 Å². The summed E-state index contributed by atoms with van der Waals surface area (Å²) >= 11 is 12.1. The molecule has 2 amide bonds. The SMILES string of the molecule is COc1ccc(/C=N\NC(=O)[C@@H](Cc2ccccc2)NC(=O)[C@@H](C)Oc2ccc(Cl)cc2Cl)c(OC)c1. The minimum atomic E-state index is -0.934. The van der Waals surface area contributed by atoms with Crippen LogP contribution in [-0.2, 0) is 16.0 Å². The lowest BCUT2D eigenvalue weighted by Crippen LogP contribution is -2.50. The number of amides is 2. The van der Waals surface area contributed by atoms with Gasteiger partial charge in [-0.1, -0.05) is 53.5 Å². The third-order valence-electron chi connectivity index (χ3n) is 5.30. The van der Waals surface area contributed by atoms with E-state index in [1.54, 1.807) is 44.4 Å². The Morgan fingerprint density at radius 2 is 1.70 bits per heavy atom. The zero-order chi connectivity index (χ0) is 26.8. The number of carbonyl (C=O) groups excluding carboxylic acids is 2. The summed E-state index contributed by atoms with van der Waals surface area (Å²) in [5, 5.41) is 7.51. The smallest absolute Gasteiger partial charge is 0.262 e. The van der Waals surface area contributed by atoms with E-state index in [4.69, 9.17) is 37.4 Å². The minimum Gasteiger partial charge on any atom is -0.497 e. The lowest BCUT2D eigenvalue weighted by Gasteiger charge is -2.21. The number of hydrogen-bond donors (Lipinski definition) is 2. The monoisotopic (exact) mass is 543 g/mol. The molecule has 0 bridgehead atoms. The Bertz CT molecular complexity index is 1250. The van der Waals surface area contributed by atoms with Crippen LogP contribution >= 0.6 is 23.2 Å². The second kappa shape index (κ2) is 13.5. The molecule has 3 aromatic carbocycles. The van der Waals surface area contributed by atoms with E-state index in [1.807, 2.05) is 30.3 Å². The average Bonchev–Trinajstić information content (AvgIpc) is 2.90. The summed E-state index contributed by atoms with van der Waals surface area (Å²) in [5.74, 6) is 0.453. The molecule has 10 heteroatoms. The second-order valence-electron chi connectivity index (χ2n) is 7.93. The van der Waals surface area contributed by atoms with Crippen LogP contribution in [0.4, 0.5) is 0 Å². The van der Waals surface area contributed by atoms with Crippen molar-refractivity contribution in [1.29, 1.82) is 0 Å². The van der Waals surface area contributed by atoms with Gasteiger partial charge in [-0.25, -0.2) is 5.43 Å². The first-order valence-corrected chi connectivity index (χ1v) is 12.1. The zero-order valence-electron chi connectivity index (χ0n) is 20.5. The van der Waals surface area contributed by atoms with E-state index < -0.39 is 24.0 Å². The summed E-state index contributed by atoms with van der Waals surface area (Å²) in [4.78, 5) is 26.0. The average molecular weight is 544 g/mol. The van der Waals surface area contributed by atoms with E-state index in [0.29, 0.717) is 27.8 Å². The van der Waals surface area contributed by atoms with Crippen LogP contribution in [0, 0.1) is 0 Å². The van der Waals surface area contributed by atoms with Crippen molar-refractivity contribution in [2.24, 2.45) is 5.10 Å². The van der Waals surface area contributed by atoms with E-state index in [9.17, 15) is 9.59 Å². The topological polar surface area (TPSA) is 98.2 Å².